The monoisotopic (exact) mass is 443 g/mol. The van der Waals surface area contributed by atoms with Crippen LogP contribution in [0, 0.1) is 20.8 Å². The normalized spacial score (nSPS) is 10.5. The SMILES string of the molecule is COc1cccc(NC(=O)Nc2ccc(Nc3ccc(-n4nc(C)c(C)c4C)nn3)cc2)c1. The molecule has 0 saturated heterocycles. The zero-order valence-corrected chi connectivity index (χ0v) is 18.9. The second kappa shape index (κ2) is 9.39. The maximum Gasteiger partial charge on any atom is 0.323 e. The van der Waals surface area contributed by atoms with Gasteiger partial charge in [0.05, 0.1) is 12.8 Å². The van der Waals surface area contributed by atoms with E-state index in [2.05, 4.69) is 31.2 Å². The van der Waals surface area contributed by atoms with Gasteiger partial charge in [-0.05, 0) is 74.9 Å². The van der Waals surface area contributed by atoms with Crippen LogP contribution in [0.4, 0.5) is 27.7 Å². The molecule has 0 aliphatic heterocycles. The highest BCUT2D eigenvalue weighted by molar-refractivity contribution is 5.99. The van der Waals surface area contributed by atoms with E-state index in [-0.39, 0.29) is 6.03 Å². The van der Waals surface area contributed by atoms with Crippen molar-refractivity contribution < 1.29 is 9.53 Å². The summed E-state index contributed by atoms with van der Waals surface area (Å²) < 4.78 is 6.95. The molecule has 3 N–H and O–H groups in total. The van der Waals surface area contributed by atoms with Gasteiger partial charge >= 0.3 is 6.03 Å². The molecule has 2 aromatic heterocycles. The predicted octanol–water partition coefficient (Wildman–Crippen LogP) is 4.98. The van der Waals surface area contributed by atoms with Crippen LogP contribution in [0.1, 0.15) is 17.0 Å². The Labute approximate surface area is 191 Å². The smallest absolute Gasteiger partial charge is 0.323 e. The number of amides is 2. The molecule has 2 aromatic carbocycles. The number of benzene rings is 2. The number of aromatic nitrogens is 4. The van der Waals surface area contributed by atoms with Gasteiger partial charge in [0.15, 0.2) is 11.6 Å². The lowest BCUT2D eigenvalue weighted by atomic mass is 10.2. The Balaban J connectivity index is 1.36. The molecule has 9 nitrogen and oxygen atoms in total. The topological polar surface area (TPSA) is 106 Å². The number of methoxy groups -OCH3 is 1. The maximum atomic E-state index is 12.2. The Bertz CT molecular complexity index is 1270. The first-order chi connectivity index (χ1) is 15.9. The van der Waals surface area contributed by atoms with E-state index in [1.807, 2.05) is 57.2 Å². The number of carbonyl (C=O) groups is 1. The molecular formula is C24H25N7O2. The number of aryl methyl sites for hydroxylation is 1. The summed E-state index contributed by atoms with van der Waals surface area (Å²) in [6.45, 7) is 6.03. The molecule has 0 unspecified atom stereocenters. The fraction of sp³-hybridized carbons (Fsp3) is 0.167. The van der Waals surface area contributed by atoms with E-state index in [0.29, 0.717) is 28.8 Å². The predicted molar refractivity (Wildman–Crippen MR) is 129 cm³/mol. The Hall–Kier alpha value is -4.40. The number of urea groups is 1. The number of hydrogen-bond acceptors (Lipinski definition) is 6. The molecule has 0 aliphatic carbocycles. The lowest BCUT2D eigenvalue weighted by Crippen LogP contribution is -2.19. The summed E-state index contributed by atoms with van der Waals surface area (Å²) in [7, 11) is 1.58. The number of hydrogen-bond donors (Lipinski definition) is 3. The standard InChI is InChI=1S/C24H25N7O2/c1-15-16(2)30-31(17(15)3)23-13-12-22(28-29-23)25-18-8-10-19(11-9-18)26-24(32)27-20-6-5-7-21(14-20)33-4/h5-14H,1-4H3,(H,25,28)(H2,26,27,32). The van der Waals surface area contributed by atoms with Crippen molar-refractivity contribution in [3.05, 3.63) is 77.6 Å². The number of nitrogens with zero attached hydrogens (tertiary/aromatic N) is 4. The second-order valence-electron chi connectivity index (χ2n) is 7.50. The van der Waals surface area contributed by atoms with Gasteiger partial charge in [-0.25, -0.2) is 9.48 Å². The van der Waals surface area contributed by atoms with Gasteiger partial charge < -0.3 is 20.7 Å². The minimum atomic E-state index is -0.343. The molecule has 0 aliphatic rings. The first kappa shape index (κ1) is 21.8. The average molecular weight is 444 g/mol. The van der Waals surface area contributed by atoms with Crippen LogP contribution in [-0.4, -0.2) is 33.1 Å². The zero-order chi connectivity index (χ0) is 23.4. The first-order valence-corrected chi connectivity index (χ1v) is 10.4. The van der Waals surface area contributed by atoms with Crippen molar-refractivity contribution in [2.24, 2.45) is 0 Å². The number of rotatable bonds is 6. The van der Waals surface area contributed by atoms with E-state index in [1.165, 1.54) is 0 Å². The number of carbonyl (C=O) groups excluding carboxylic acids is 1. The van der Waals surface area contributed by atoms with Gasteiger partial charge in [-0.15, -0.1) is 10.2 Å². The molecule has 2 amide bonds. The molecule has 4 aromatic rings. The first-order valence-electron chi connectivity index (χ1n) is 10.4. The van der Waals surface area contributed by atoms with Crippen molar-refractivity contribution in [1.29, 1.82) is 0 Å². The van der Waals surface area contributed by atoms with Crippen LogP contribution in [0.25, 0.3) is 5.82 Å². The quantitative estimate of drug-likeness (QED) is 0.388. The number of ether oxygens (including phenoxy) is 1. The van der Waals surface area contributed by atoms with Crippen LogP contribution in [0.5, 0.6) is 5.75 Å². The van der Waals surface area contributed by atoms with E-state index in [9.17, 15) is 4.79 Å². The highest BCUT2D eigenvalue weighted by Gasteiger charge is 2.10. The third-order valence-corrected chi connectivity index (χ3v) is 5.26. The Morgan fingerprint density at radius 1 is 0.879 bits per heavy atom. The molecule has 168 valence electrons. The van der Waals surface area contributed by atoms with Gasteiger partial charge in [-0.3, -0.25) is 0 Å². The maximum absolute atomic E-state index is 12.2. The van der Waals surface area contributed by atoms with Crippen molar-refractivity contribution >= 4 is 28.9 Å². The zero-order valence-electron chi connectivity index (χ0n) is 18.9. The summed E-state index contributed by atoms with van der Waals surface area (Å²) in [5.74, 6) is 1.94. The third kappa shape index (κ3) is 5.09. The van der Waals surface area contributed by atoms with Gasteiger partial charge in [0.1, 0.15) is 5.75 Å². The molecule has 0 saturated carbocycles. The van der Waals surface area contributed by atoms with E-state index >= 15 is 0 Å². The molecule has 0 radical (unpaired) electrons. The number of anilines is 4. The third-order valence-electron chi connectivity index (χ3n) is 5.26. The van der Waals surface area contributed by atoms with Crippen LogP contribution in [0.3, 0.4) is 0 Å². The fourth-order valence-electron chi connectivity index (χ4n) is 3.23. The summed E-state index contributed by atoms with van der Waals surface area (Å²) >= 11 is 0. The molecule has 0 spiro atoms. The second-order valence-corrected chi connectivity index (χ2v) is 7.50. The van der Waals surface area contributed by atoms with Crippen LogP contribution >= 0.6 is 0 Å². The largest absolute Gasteiger partial charge is 0.497 e. The van der Waals surface area contributed by atoms with E-state index in [1.54, 1.807) is 36.1 Å². The van der Waals surface area contributed by atoms with E-state index in [4.69, 9.17) is 4.74 Å². The average Bonchev–Trinajstić information content (AvgIpc) is 3.08. The summed E-state index contributed by atoms with van der Waals surface area (Å²) in [6.07, 6.45) is 0. The van der Waals surface area contributed by atoms with Crippen molar-refractivity contribution in [1.82, 2.24) is 20.0 Å². The van der Waals surface area contributed by atoms with E-state index in [0.717, 1.165) is 22.6 Å². The lowest BCUT2D eigenvalue weighted by molar-refractivity contribution is 0.262. The van der Waals surface area contributed by atoms with Crippen LogP contribution in [-0.2, 0) is 0 Å². The lowest BCUT2D eigenvalue weighted by Gasteiger charge is -2.10. The minimum Gasteiger partial charge on any atom is -0.497 e. The number of nitrogens with one attached hydrogen (secondary N) is 3. The van der Waals surface area contributed by atoms with E-state index < -0.39 is 0 Å². The van der Waals surface area contributed by atoms with Gasteiger partial charge in [-0.2, -0.15) is 5.10 Å². The van der Waals surface area contributed by atoms with Crippen molar-refractivity contribution in [2.75, 3.05) is 23.1 Å². The van der Waals surface area contributed by atoms with Crippen LogP contribution in [0.15, 0.2) is 60.7 Å². The Kier molecular flexibility index (Phi) is 6.21. The molecule has 0 fully saturated rings. The van der Waals surface area contributed by atoms with Gasteiger partial charge in [0.25, 0.3) is 0 Å². The minimum absolute atomic E-state index is 0.343. The summed E-state index contributed by atoms with van der Waals surface area (Å²) in [5, 5.41) is 21.8. The summed E-state index contributed by atoms with van der Waals surface area (Å²) in [6, 6.07) is 17.8. The molecule has 2 heterocycles. The van der Waals surface area contributed by atoms with Crippen LogP contribution < -0.4 is 20.7 Å². The van der Waals surface area contributed by atoms with Gasteiger partial charge in [0, 0.05) is 28.8 Å². The fourth-order valence-corrected chi connectivity index (χ4v) is 3.23. The highest BCUT2D eigenvalue weighted by atomic mass is 16.5. The molecule has 0 bridgehead atoms. The Morgan fingerprint density at radius 2 is 1.61 bits per heavy atom. The highest BCUT2D eigenvalue weighted by Crippen LogP contribution is 2.20. The molecule has 4 rings (SSSR count). The van der Waals surface area contributed by atoms with Gasteiger partial charge in [0.2, 0.25) is 0 Å². The van der Waals surface area contributed by atoms with Crippen LogP contribution in [0.2, 0.25) is 0 Å². The molecule has 0 atom stereocenters. The summed E-state index contributed by atoms with van der Waals surface area (Å²) in [5.41, 5.74) is 5.27. The molecule has 9 heteroatoms. The molecular weight excluding hydrogens is 418 g/mol. The van der Waals surface area contributed by atoms with Crippen molar-refractivity contribution in [3.8, 4) is 11.6 Å². The summed E-state index contributed by atoms with van der Waals surface area (Å²) in [4.78, 5) is 12.2. The van der Waals surface area contributed by atoms with Gasteiger partial charge in [-0.1, -0.05) is 6.07 Å². The van der Waals surface area contributed by atoms with Crippen molar-refractivity contribution in [3.63, 3.8) is 0 Å². The van der Waals surface area contributed by atoms with Crippen molar-refractivity contribution in [2.45, 2.75) is 20.8 Å². The molecule has 33 heavy (non-hydrogen) atoms. The Morgan fingerprint density at radius 3 is 2.24 bits per heavy atom.